The van der Waals surface area contributed by atoms with E-state index in [0.717, 1.165) is 33.8 Å². The van der Waals surface area contributed by atoms with Crippen molar-refractivity contribution in [2.24, 2.45) is 5.16 Å². The molecule has 7 heteroatoms. The molecule has 3 aromatic carbocycles. The van der Waals surface area contributed by atoms with Crippen molar-refractivity contribution in [3.63, 3.8) is 0 Å². The molecular formula is C27H24N4O3. The Morgan fingerprint density at radius 2 is 1.65 bits per heavy atom. The molecule has 0 radical (unpaired) electrons. The predicted molar refractivity (Wildman–Crippen MR) is 133 cm³/mol. The Morgan fingerprint density at radius 3 is 2.41 bits per heavy atom. The molecule has 7 nitrogen and oxygen atoms in total. The van der Waals surface area contributed by atoms with Crippen LogP contribution in [0.1, 0.15) is 12.5 Å². The lowest BCUT2D eigenvalue weighted by Gasteiger charge is -2.16. The van der Waals surface area contributed by atoms with Crippen LogP contribution in [0.25, 0.3) is 22.5 Å². The fourth-order valence-corrected chi connectivity index (χ4v) is 3.33. The number of methoxy groups -OCH3 is 1. The quantitative estimate of drug-likeness (QED) is 0.225. The number of ether oxygens (including phenoxy) is 1. The standard InChI is InChI=1S/C27H24N4O3/c1-19(27(32)33-2)31-24-11-7-6-10-23(24)26-16-25(28-18-29-26)21-14-12-20(13-15-21)17-30-34-22-8-4-3-5-9-22/h3-19,31H,1-2H3/b30-17+. The van der Waals surface area contributed by atoms with Gasteiger partial charge in [-0.15, -0.1) is 0 Å². The minimum absolute atomic E-state index is 0.337. The van der Waals surface area contributed by atoms with Gasteiger partial charge in [0.1, 0.15) is 12.4 Å². The van der Waals surface area contributed by atoms with E-state index in [1.807, 2.05) is 84.9 Å². The van der Waals surface area contributed by atoms with Crippen LogP contribution in [0.4, 0.5) is 5.69 Å². The van der Waals surface area contributed by atoms with Gasteiger partial charge in [-0.1, -0.05) is 65.8 Å². The first-order chi connectivity index (χ1) is 16.6. The molecule has 0 bridgehead atoms. The van der Waals surface area contributed by atoms with Gasteiger partial charge in [0.05, 0.1) is 24.7 Å². The fourth-order valence-electron chi connectivity index (χ4n) is 3.33. The summed E-state index contributed by atoms with van der Waals surface area (Å²) >= 11 is 0. The summed E-state index contributed by atoms with van der Waals surface area (Å²) < 4.78 is 4.82. The molecule has 0 spiro atoms. The zero-order valence-corrected chi connectivity index (χ0v) is 18.9. The summed E-state index contributed by atoms with van der Waals surface area (Å²) in [6, 6.07) is 26.3. The van der Waals surface area contributed by atoms with Gasteiger partial charge in [0.2, 0.25) is 0 Å². The molecule has 4 aromatic rings. The van der Waals surface area contributed by atoms with Crippen molar-refractivity contribution in [2.75, 3.05) is 12.4 Å². The number of oxime groups is 1. The van der Waals surface area contributed by atoms with Crippen molar-refractivity contribution in [2.45, 2.75) is 13.0 Å². The fraction of sp³-hybridized carbons (Fsp3) is 0.111. The Labute approximate surface area is 198 Å². The van der Waals surface area contributed by atoms with Crippen LogP contribution in [-0.4, -0.2) is 35.3 Å². The molecule has 34 heavy (non-hydrogen) atoms. The summed E-state index contributed by atoms with van der Waals surface area (Å²) in [5.74, 6) is 0.343. The second-order valence-electron chi connectivity index (χ2n) is 7.48. The SMILES string of the molecule is COC(=O)C(C)Nc1ccccc1-c1cc(-c2ccc(/C=N/Oc3ccccc3)cc2)ncn1. The molecule has 1 N–H and O–H groups in total. The summed E-state index contributed by atoms with van der Waals surface area (Å²) in [6.07, 6.45) is 3.20. The highest BCUT2D eigenvalue weighted by atomic mass is 16.6. The zero-order chi connectivity index (χ0) is 23.8. The molecule has 0 aliphatic rings. The Kier molecular flexibility index (Phi) is 7.25. The highest BCUT2D eigenvalue weighted by molar-refractivity contribution is 5.84. The highest BCUT2D eigenvalue weighted by Gasteiger charge is 2.15. The molecular weight excluding hydrogens is 428 g/mol. The van der Waals surface area contributed by atoms with Crippen molar-refractivity contribution >= 4 is 17.9 Å². The Morgan fingerprint density at radius 1 is 0.941 bits per heavy atom. The van der Waals surface area contributed by atoms with E-state index in [9.17, 15) is 4.79 Å². The van der Waals surface area contributed by atoms with E-state index < -0.39 is 6.04 Å². The van der Waals surface area contributed by atoms with E-state index in [-0.39, 0.29) is 5.97 Å². The number of carbonyl (C=O) groups excluding carboxylic acids is 1. The lowest BCUT2D eigenvalue weighted by Crippen LogP contribution is -2.27. The molecule has 170 valence electrons. The van der Waals surface area contributed by atoms with E-state index in [2.05, 4.69) is 20.4 Å². The molecule has 4 rings (SSSR count). The van der Waals surface area contributed by atoms with Crippen LogP contribution in [-0.2, 0) is 9.53 Å². The number of para-hydroxylation sites is 2. The van der Waals surface area contributed by atoms with Crippen molar-refractivity contribution in [3.05, 3.63) is 96.8 Å². The number of anilines is 1. The van der Waals surface area contributed by atoms with Gasteiger partial charge in [-0.05, 0) is 36.8 Å². The number of benzene rings is 3. The third-order valence-corrected chi connectivity index (χ3v) is 5.11. The van der Waals surface area contributed by atoms with E-state index in [0.29, 0.717) is 5.75 Å². The average Bonchev–Trinajstić information content (AvgIpc) is 2.89. The van der Waals surface area contributed by atoms with Crippen LogP contribution < -0.4 is 10.2 Å². The second kappa shape index (κ2) is 10.9. The number of carbonyl (C=O) groups is 1. The summed E-state index contributed by atoms with van der Waals surface area (Å²) in [7, 11) is 1.37. The second-order valence-corrected chi connectivity index (χ2v) is 7.48. The Balaban J connectivity index is 1.51. The van der Waals surface area contributed by atoms with Crippen LogP contribution in [0.3, 0.4) is 0 Å². The lowest BCUT2D eigenvalue weighted by molar-refractivity contribution is -0.141. The highest BCUT2D eigenvalue weighted by Crippen LogP contribution is 2.29. The molecule has 0 aliphatic heterocycles. The number of aromatic nitrogens is 2. The Bertz CT molecular complexity index is 1270. The number of nitrogens with zero attached hydrogens (tertiary/aromatic N) is 3. The molecule has 0 saturated heterocycles. The van der Waals surface area contributed by atoms with Gasteiger partial charge in [-0.3, -0.25) is 0 Å². The average molecular weight is 453 g/mol. The van der Waals surface area contributed by atoms with Crippen molar-refractivity contribution < 1.29 is 14.4 Å². The van der Waals surface area contributed by atoms with Gasteiger partial charge >= 0.3 is 5.97 Å². The van der Waals surface area contributed by atoms with E-state index in [1.54, 1.807) is 13.1 Å². The van der Waals surface area contributed by atoms with Crippen molar-refractivity contribution in [1.29, 1.82) is 0 Å². The predicted octanol–water partition coefficient (Wildman–Crippen LogP) is 5.20. The minimum atomic E-state index is -0.493. The molecule has 1 aromatic heterocycles. The maximum Gasteiger partial charge on any atom is 0.327 e. The normalized spacial score (nSPS) is 11.7. The first-order valence-corrected chi connectivity index (χ1v) is 10.8. The van der Waals surface area contributed by atoms with Crippen LogP contribution in [0.5, 0.6) is 5.75 Å². The van der Waals surface area contributed by atoms with Crippen LogP contribution in [0, 0.1) is 0 Å². The van der Waals surface area contributed by atoms with Gasteiger partial charge < -0.3 is 14.9 Å². The molecule has 0 fully saturated rings. The molecule has 1 heterocycles. The van der Waals surface area contributed by atoms with Crippen LogP contribution >= 0.6 is 0 Å². The molecule has 1 unspecified atom stereocenters. The first-order valence-electron chi connectivity index (χ1n) is 10.8. The number of rotatable bonds is 8. The van der Waals surface area contributed by atoms with Gasteiger partial charge in [0.15, 0.2) is 5.75 Å². The monoisotopic (exact) mass is 452 g/mol. The zero-order valence-electron chi connectivity index (χ0n) is 18.9. The summed E-state index contributed by atoms with van der Waals surface area (Å²) in [6.45, 7) is 1.75. The van der Waals surface area contributed by atoms with Crippen LogP contribution in [0.2, 0.25) is 0 Å². The van der Waals surface area contributed by atoms with E-state index >= 15 is 0 Å². The third kappa shape index (κ3) is 5.63. The summed E-state index contributed by atoms with van der Waals surface area (Å²) in [4.78, 5) is 26.1. The summed E-state index contributed by atoms with van der Waals surface area (Å²) in [5.41, 5.74) is 5.02. The first kappa shape index (κ1) is 22.7. The molecule has 0 amide bonds. The summed E-state index contributed by atoms with van der Waals surface area (Å²) in [5, 5.41) is 7.23. The molecule has 1 atom stereocenters. The van der Waals surface area contributed by atoms with Gasteiger partial charge in [0, 0.05) is 16.8 Å². The lowest BCUT2D eigenvalue weighted by atomic mass is 10.0. The number of hydrogen-bond acceptors (Lipinski definition) is 7. The largest absolute Gasteiger partial charge is 0.467 e. The maximum atomic E-state index is 11.8. The molecule has 0 saturated carbocycles. The smallest absolute Gasteiger partial charge is 0.327 e. The van der Waals surface area contributed by atoms with Gasteiger partial charge in [-0.25, -0.2) is 14.8 Å². The van der Waals surface area contributed by atoms with E-state index in [1.165, 1.54) is 13.4 Å². The van der Waals surface area contributed by atoms with Gasteiger partial charge in [0.25, 0.3) is 0 Å². The minimum Gasteiger partial charge on any atom is -0.467 e. The number of nitrogens with one attached hydrogen (secondary N) is 1. The third-order valence-electron chi connectivity index (χ3n) is 5.11. The van der Waals surface area contributed by atoms with E-state index in [4.69, 9.17) is 9.57 Å². The topological polar surface area (TPSA) is 85.7 Å². The number of hydrogen-bond donors (Lipinski definition) is 1. The molecule has 0 aliphatic carbocycles. The van der Waals surface area contributed by atoms with Gasteiger partial charge in [-0.2, -0.15) is 0 Å². The Hall–Kier alpha value is -4.52. The van der Waals surface area contributed by atoms with Crippen molar-refractivity contribution in [1.82, 2.24) is 9.97 Å². The van der Waals surface area contributed by atoms with Crippen LogP contribution in [0.15, 0.2) is 96.4 Å². The number of esters is 1. The van der Waals surface area contributed by atoms with Crippen molar-refractivity contribution in [3.8, 4) is 28.3 Å². The maximum absolute atomic E-state index is 11.8.